The number of imidazole rings is 1. The first-order valence-electron chi connectivity index (χ1n) is 7.21. The fourth-order valence-electron chi connectivity index (χ4n) is 2.77. The summed E-state index contributed by atoms with van der Waals surface area (Å²) in [6.07, 6.45) is 6.34. The third-order valence-corrected chi connectivity index (χ3v) is 4.53. The van der Waals surface area contributed by atoms with Gasteiger partial charge in [0.2, 0.25) is 0 Å². The Balaban J connectivity index is 1.76. The van der Waals surface area contributed by atoms with Crippen molar-refractivity contribution in [1.82, 2.24) is 14.9 Å². The van der Waals surface area contributed by atoms with Crippen LogP contribution in [-0.2, 0) is 6.54 Å². The lowest BCUT2D eigenvalue weighted by atomic mass is 10.0. The highest BCUT2D eigenvalue weighted by Gasteiger charge is 2.15. The molecule has 1 fully saturated rings. The lowest BCUT2D eigenvalue weighted by molar-refractivity contribution is 0.481. The molecule has 0 amide bonds. The molecule has 3 rings (SSSR count). The van der Waals surface area contributed by atoms with Gasteiger partial charge in [-0.2, -0.15) is 0 Å². The van der Waals surface area contributed by atoms with E-state index in [0.29, 0.717) is 0 Å². The molecule has 0 radical (unpaired) electrons. The fraction of sp³-hybridized carbons (Fsp3) is 0.438. The number of rotatable bonds is 4. The second kappa shape index (κ2) is 5.98. The van der Waals surface area contributed by atoms with Gasteiger partial charge < -0.3 is 9.88 Å². The first-order chi connectivity index (χ1) is 9.74. The van der Waals surface area contributed by atoms with Gasteiger partial charge >= 0.3 is 0 Å². The number of nitrogens with zero attached hydrogens (tertiary/aromatic N) is 2. The van der Waals surface area contributed by atoms with Crippen LogP contribution < -0.4 is 5.32 Å². The van der Waals surface area contributed by atoms with Crippen molar-refractivity contribution in [2.45, 2.75) is 26.3 Å². The molecule has 1 unspecified atom stereocenters. The third kappa shape index (κ3) is 2.89. The topological polar surface area (TPSA) is 29.9 Å². The van der Waals surface area contributed by atoms with Crippen LogP contribution in [0.25, 0.3) is 11.3 Å². The Kier molecular flexibility index (Phi) is 4.08. The van der Waals surface area contributed by atoms with E-state index in [2.05, 4.69) is 27.0 Å². The number of aryl methyl sites for hydroxylation is 2. The molecule has 0 aliphatic carbocycles. The van der Waals surface area contributed by atoms with E-state index in [9.17, 15) is 0 Å². The minimum absolute atomic E-state index is 0.798. The molecular weight excluding hydrogens is 270 g/mol. The average Bonchev–Trinajstić information content (AvgIpc) is 3.10. The molecule has 1 saturated heterocycles. The quantitative estimate of drug-likeness (QED) is 0.933. The van der Waals surface area contributed by atoms with Crippen molar-refractivity contribution in [3.05, 3.63) is 41.3 Å². The number of hydrogen-bond donors (Lipinski definition) is 1. The van der Waals surface area contributed by atoms with Crippen LogP contribution in [0.5, 0.6) is 0 Å². The highest BCUT2D eigenvalue weighted by Crippen LogP contribution is 2.26. The van der Waals surface area contributed by atoms with Crippen molar-refractivity contribution in [3.63, 3.8) is 0 Å². The number of aromatic nitrogens is 2. The molecule has 0 bridgehead atoms. The van der Waals surface area contributed by atoms with Gasteiger partial charge in [-0.15, -0.1) is 0 Å². The van der Waals surface area contributed by atoms with E-state index >= 15 is 0 Å². The molecule has 1 aromatic carbocycles. The molecule has 2 heterocycles. The predicted molar refractivity (Wildman–Crippen MR) is 83.0 cm³/mol. The summed E-state index contributed by atoms with van der Waals surface area (Å²) >= 11 is 6.23. The van der Waals surface area contributed by atoms with Crippen LogP contribution in [0, 0.1) is 12.8 Å². The Hall–Kier alpha value is -1.32. The maximum atomic E-state index is 6.23. The van der Waals surface area contributed by atoms with Crippen LogP contribution in [0.2, 0.25) is 5.02 Å². The number of halogens is 1. The Labute approximate surface area is 125 Å². The van der Waals surface area contributed by atoms with Crippen LogP contribution in [0.1, 0.15) is 18.4 Å². The lowest BCUT2D eigenvalue weighted by Crippen LogP contribution is -2.11. The molecule has 1 N–H and O–H groups in total. The smallest absolute Gasteiger partial charge is 0.0950 e. The molecule has 0 spiro atoms. The largest absolute Gasteiger partial charge is 0.331 e. The maximum Gasteiger partial charge on any atom is 0.0950 e. The summed E-state index contributed by atoms with van der Waals surface area (Å²) in [5.41, 5.74) is 3.40. The molecule has 20 heavy (non-hydrogen) atoms. The second-order valence-electron chi connectivity index (χ2n) is 5.58. The number of benzene rings is 1. The van der Waals surface area contributed by atoms with E-state index in [1.807, 2.05) is 25.5 Å². The van der Waals surface area contributed by atoms with Gasteiger partial charge in [0.15, 0.2) is 0 Å². The van der Waals surface area contributed by atoms with E-state index < -0.39 is 0 Å². The maximum absolute atomic E-state index is 6.23. The molecule has 1 aromatic heterocycles. The summed E-state index contributed by atoms with van der Waals surface area (Å²) in [6.45, 7) is 5.36. The summed E-state index contributed by atoms with van der Waals surface area (Å²) in [5.74, 6) is 0.798. The summed E-state index contributed by atoms with van der Waals surface area (Å²) in [7, 11) is 0. The molecule has 3 nitrogen and oxygen atoms in total. The molecule has 1 atom stereocenters. The Bertz CT molecular complexity index is 585. The van der Waals surface area contributed by atoms with Crippen molar-refractivity contribution in [2.24, 2.45) is 5.92 Å². The Morgan fingerprint density at radius 1 is 1.45 bits per heavy atom. The van der Waals surface area contributed by atoms with E-state index in [0.717, 1.165) is 47.4 Å². The highest BCUT2D eigenvalue weighted by atomic mass is 35.5. The van der Waals surface area contributed by atoms with Gasteiger partial charge in [0, 0.05) is 17.1 Å². The van der Waals surface area contributed by atoms with Crippen molar-refractivity contribution < 1.29 is 0 Å². The van der Waals surface area contributed by atoms with Crippen LogP contribution in [0.3, 0.4) is 0 Å². The minimum atomic E-state index is 0.798. The highest BCUT2D eigenvalue weighted by molar-refractivity contribution is 6.31. The fourth-order valence-corrected chi connectivity index (χ4v) is 2.95. The SMILES string of the molecule is Cc1ccc(-c2cncn2CCC2CCNC2)cc1Cl. The van der Waals surface area contributed by atoms with Crippen molar-refractivity contribution in [1.29, 1.82) is 0 Å². The second-order valence-corrected chi connectivity index (χ2v) is 5.99. The van der Waals surface area contributed by atoms with E-state index in [4.69, 9.17) is 11.6 Å². The lowest BCUT2D eigenvalue weighted by Gasteiger charge is -2.12. The normalized spacial score (nSPS) is 18.6. The minimum Gasteiger partial charge on any atom is -0.331 e. The van der Waals surface area contributed by atoms with Crippen LogP contribution in [0.15, 0.2) is 30.7 Å². The van der Waals surface area contributed by atoms with Gasteiger partial charge in [-0.25, -0.2) is 4.98 Å². The van der Waals surface area contributed by atoms with E-state index in [1.165, 1.54) is 12.8 Å². The zero-order chi connectivity index (χ0) is 13.9. The molecule has 0 saturated carbocycles. The molecular formula is C16H20ClN3. The predicted octanol–water partition coefficient (Wildman–Crippen LogP) is 3.51. The van der Waals surface area contributed by atoms with Gasteiger partial charge in [-0.05, 0) is 50.4 Å². The van der Waals surface area contributed by atoms with Crippen LogP contribution >= 0.6 is 11.6 Å². The van der Waals surface area contributed by atoms with Crippen LogP contribution in [-0.4, -0.2) is 22.6 Å². The first kappa shape index (κ1) is 13.7. The molecule has 2 aromatic rings. The van der Waals surface area contributed by atoms with Crippen molar-refractivity contribution in [3.8, 4) is 11.3 Å². The summed E-state index contributed by atoms with van der Waals surface area (Å²) in [4.78, 5) is 4.30. The third-order valence-electron chi connectivity index (χ3n) is 4.12. The van der Waals surface area contributed by atoms with E-state index in [1.54, 1.807) is 0 Å². The summed E-state index contributed by atoms with van der Waals surface area (Å²) < 4.78 is 2.24. The van der Waals surface area contributed by atoms with Crippen molar-refractivity contribution in [2.75, 3.05) is 13.1 Å². The van der Waals surface area contributed by atoms with Gasteiger partial charge in [0.25, 0.3) is 0 Å². The molecule has 1 aliphatic heterocycles. The molecule has 1 aliphatic rings. The van der Waals surface area contributed by atoms with Crippen LogP contribution in [0.4, 0.5) is 0 Å². The van der Waals surface area contributed by atoms with Crippen molar-refractivity contribution >= 4 is 11.6 Å². The standard InChI is InChI=1S/C16H20ClN3/c1-12-2-3-14(8-15(12)17)16-10-19-11-20(16)7-5-13-4-6-18-9-13/h2-3,8,10-11,13,18H,4-7,9H2,1H3. The monoisotopic (exact) mass is 289 g/mol. The average molecular weight is 290 g/mol. The zero-order valence-corrected chi connectivity index (χ0v) is 12.5. The summed E-state index contributed by atoms with van der Waals surface area (Å²) in [5, 5.41) is 4.24. The van der Waals surface area contributed by atoms with Gasteiger partial charge in [-0.3, -0.25) is 0 Å². The Morgan fingerprint density at radius 3 is 3.10 bits per heavy atom. The number of nitrogens with one attached hydrogen (secondary N) is 1. The number of hydrogen-bond acceptors (Lipinski definition) is 2. The van der Waals surface area contributed by atoms with Gasteiger partial charge in [0.05, 0.1) is 18.2 Å². The molecule has 106 valence electrons. The summed E-state index contributed by atoms with van der Waals surface area (Å²) in [6, 6.07) is 6.21. The van der Waals surface area contributed by atoms with Gasteiger partial charge in [0.1, 0.15) is 0 Å². The zero-order valence-electron chi connectivity index (χ0n) is 11.8. The van der Waals surface area contributed by atoms with Gasteiger partial charge in [-0.1, -0.05) is 23.7 Å². The first-order valence-corrected chi connectivity index (χ1v) is 7.59. The van der Waals surface area contributed by atoms with E-state index in [-0.39, 0.29) is 0 Å². The Morgan fingerprint density at radius 2 is 2.35 bits per heavy atom. The molecule has 4 heteroatoms.